The molecule has 0 aliphatic heterocycles. The van der Waals surface area contributed by atoms with Crippen LogP contribution in [0.4, 0.5) is 0 Å². The van der Waals surface area contributed by atoms with Gasteiger partial charge in [0.05, 0.1) is 0 Å². The average molecular weight is 304 g/mol. The number of aryl methyl sites for hydroxylation is 1. The van der Waals surface area contributed by atoms with E-state index in [0.717, 1.165) is 24.0 Å². The smallest absolute Gasteiger partial charge is 0.305 e. The Labute approximate surface area is 132 Å². The van der Waals surface area contributed by atoms with Gasteiger partial charge in [-0.1, -0.05) is 44.5 Å². The Balaban J connectivity index is 2.98. The maximum Gasteiger partial charge on any atom is 0.305 e. The largest absolute Gasteiger partial charge is 0.421 e. The van der Waals surface area contributed by atoms with Crippen LogP contribution in [-0.2, 0) is 25.5 Å². The zero-order chi connectivity index (χ0) is 16.5. The third kappa shape index (κ3) is 6.12. The lowest BCUT2D eigenvalue weighted by Crippen LogP contribution is -2.24. The molecular formula is C18H24O4. The number of carbonyl (C=O) groups is 2. The third-order valence-corrected chi connectivity index (χ3v) is 3.13. The standard InChI is InChI=1S/C18H24O4/c1-5-7-15-8-10-16(11-9-15)12-17(6-2)18(21-13(3)19)22-14(4)20/h8-12,18H,5-7H2,1-4H3/b17-12+. The highest BCUT2D eigenvalue weighted by Crippen LogP contribution is 2.18. The number of hydrogen-bond donors (Lipinski definition) is 0. The molecule has 0 aliphatic rings. The summed E-state index contributed by atoms with van der Waals surface area (Å²) in [5.74, 6) is -0.965. The summed E-state index contributed by atoms with van der Waals surface area (Å²) in [5, 5.41) is 0. The molecule has 0 radical (unpaired) electrons. The van der Waals surface area contributed by atoms with Crippen molar-refractivity contribution < 1.29 is 19.1 Å². The molecule has 4 heteroatoms. The van der Waals surface area contributed by atoms with Crippen molar-refractivity contribution in [2.45, 2.75) is 53.2 Å². The number of ether oxygens (including phenoxy) is 2. The van der Waals surface area contributed by atoms with Crippen molar-refractivity contribution in [2.24, 2.45) is 0 Å². The van der Waals surface area contributed by atoms with E-state index in [2.05, 4.69) is 19.1 Å². The van der Waals surface area contributed by atoms with E-state index >= 15 is 0 Å². The van der Waals surface area contributed by atoms with Gasteiger partial charge >= 0.3 is 11.9 Å². The first kappa shape index (κ1) is 18.0. The summed E-state index contributed by atoms with van der Waals surface area (Å²) in [6.07, 6.45) is 3.70. The third-order valence-electron chi connectivity index (χ3n) is 3.13. The monoisotopic (exact) mass is 304 g/mol. The van der Waals surface area contributed by atoms with Crippen molar-refractivity contribution in [1.29, 1.82) is 0 Å². The van der Waals surface area contributed by atoms with Crippen LogP contribution < -0.4 is 0 Å². The molecule has 4 nitrogen and oxygen atoms in total. The molecule has 0 bridgehead atoms. The minimum atomic E-state index is -0.963. The second-order valence-corrected chi connectivity index (χ2v) is 5.12. The Kier molecular flexibility index (Phi) is 7.37. The van der Waals surface area contributed by atoms with Gasteiger partial charge in [0.15, 0.2) is 0 Å². The Bertz CT molecular complexity index is 513. The summed E-state index contributed by atoms with van der Waals surface area (Å²) in [5.41, 5.74) is 3.02. The predicted octanol–water partition coefficient (Wildman–Crippen LogP) is 3.88. The minimum Gasteiger partial charge on any atom is -0.421 e. The molecule has 22 heavy (non-hydrogen) atoms. The minimum absolute atomic E-state index is 0.483. The van der Waals surface area contributed by atoms with E-state index in [-0.39, 0.29) is 0 Å². The van der Waals surface area contributed by atoms with E-state index in [9.17, 15) is 9.59 Å². The van der Waals surface area contributed by atoms with E-state index in [4.69, 9.17) is 9.47 Å². The van der Waals surface area contributed by atoms with E-state index in [1.807, 2.05) is 25.1 Å². The van der Waals surface area contributed by atoms with Crippen molar-refractivity contribution in [1.82, 2.24) is 0 Å². The van der Waals surface area contributed by atoms with Crippen molar-refractivity contribution in [3.63, 3.8) is 0 Å². The fraction of sp³-hybridized carbons (Fsp3) is 0.444. The Morgan fingerprint density at radius 3 is 2.00 bits per heavy atom. The molecule has 0 unspecified atom stereocenters. The molecule has 0 spiro atoms. The van der Waals surface area contributed by atoms with Gasteiger partial charge in [0.2, 0.25) is 0 Å². The Morgan fingerprint density at radius 2 is 1.59 bits per heavy atom. The highest BCUT2D eigenvalue weighted by Gasteiger charge is 2.19. The Hall–Kier alpha value is -2.10. The first-order valence-electron chi connectivity index (χ1n) is 7.60. The zero-order valence-corrected chi connectivity index (χ0v) is 13.7. The molecule has 0 fully saturated rings. The highest BCUT2D eigenvalue weighted by molar-refractivity contribution is 5.69. The maximum atomic E-state index is 11.2. The summed E-state index contributed by atoms with van der Waals surface area (Å²) in [6.45, 7) is 6.66. The van der Waals surface area contributed by atoms with Crippen molar-refractivity contribution >= 4 is 18.0 Å². The van der Waals surface area contributed by atoms with Crippen LogP contribution in [0, 0.1) is 0 Å². The fourth-order valence-electron chi connectivity index (χ4n) is 2.10. The summed E-state index contributed by atoms with van der Waals surface area (Å²) < 4.78 is 10.2. The van der Waals surface area contributed by atoms with Crippen LogP contribution in [0.5, 0.6) is 0 Å². The second kappa shape index (κ2) is 9.03. The number of esters is 2. The van der Waals surface area contributed by atoms with E-state index in [1.54, 1.807) is 0 Å². The highest BCUT2D eigenvalue weighted by atomic mass is 16.7. The van der Waals surface area contributed by atoms with E-state index in [0.29, 0.717) is 6.42 Å². The van der Waals surface area contributed by atoms with Gasteiger partial charge in [0.1, 0.15) is 0 Å². The molecule has 0 heterocycles. The van der Waals surface area contributed by atoms with Crippen LogP contribution >= 0.6 is 0 Å². The predicted molar refractivity (Wildman–Crippen MR) is 86.0 cm³/mol. The molecule has 0 saturated heterocycles. The van der Waals surface area contributed by atoms with Crippen molar-refractivity contribution in [3.05, 3.63) is 41.0 Å². The quantitative estimate of drug-likeness (QED) is 0.566. The Morgan fingerprint density at radius 1 is 1.05 bits per heavy atom. The number of hydrogen-bond acceptors (Lipinski definition) is 4. The normalized spacial score (nSPS) is 11.4. The van der Waals surface area contributed by atoms with Gasteiger partial charge in [0, 0.05) is 19.4 Å². The first-order valence-corrected chi connectivity index (χ1v) is 7.60. The first-order chi connectivity index (χ1) is 10.5. The molecule has 0 N–H and O–H groups in total. The van der Waals surface area contributed by atoms with Gasteiger partial charge in [-0.05, 0) is 30.0 Å². The summed E-state index contributed by atoms with van der Waals surface area (Å²) >= 11 is 0. The lowest BCUT2D eigenvalue weighted by molar-refractivity contribution is -0.178. The number of rotatable bonds is 7. The maximum absolute atomic E-state index is 11.2. The topological polar surface area (TPSA) is 52.6 Å². The van der Waals surface area contributed by atoms with Gasteiger partial charge in [-0.25, -0.2) is 0 Å². The van der Waals surface area contributed by atoms with Crippen LogP contribution in [0.1, 0.15) is 51.7 Å². The summed E-state index contributed by atoms with van der Waals surface area (Å²) in [4.78, 5) is 22.4. The SMILES string of the molecule is CCCc1ccc(/C=C(\CC)C(OC(C)=O)OC(C)=O)cc1. The summed E-state index contributed by atoms with van der Waals surface area (Å²) in [6, 6.07) is 8.18. The van der Waals surface area contributed by atoms with Crippen LogP contribution in [0.3, 0.4) is 0 Å². The van der Waals surface area contributed by atoms with Crippen LogP contribution in [0.25, 0.3) is 6.08 Å². The molecular weight excluding hydrogens is 280 g/mol. The van der Waals surface area contributed by atoms with E-state index in [1.165, 1.54) is 19.4 Å². The van der Waals surface area contributed by atoms with Crippen molar-refractivity contribution in [2.75, 3.05) is 0 Å². The second-order valence-electron chi connectivity index (χ2n) is 5.12. The van der Waals surface area contributed by atoms with Gasteiger partial charge in [-0.3, -0.25) is 9.59 Å². The van der Waals surface area contributed by atoms with Gasteiger partial charge < -0.3 is 9.47 Å². The summed E-state index contributed by atoms with van der Waals surface area (Å²) in [7, 11) is 0. The van der Waals surface area contributed by atoms with Crippen LogP contribution in [-0.4, -0.2) is 18.2 Å². The fourth-order valence-corrected chi connectivity index (χ4v) is 2.10. The van der Waals surface area contributed by atoms with Gasteiger partial charge in [0.25, 0.3) is 6.29 Å². The molecule has 1 rings (SSSR count). The van der Waals surface area contributed by atoms with Crippen LogP contribution in [0.2, 0.25) is 0 Å². The van der Waals surface area contributed by atoms with E-state index < -0.39 is 18.2 Å². The van der Waals surface area contributed by atoms with Crippen LogP contribution in [0.15, 0.2) is 29.8 Å². The number of carbonyl (C=O) groups excluding carboxylic acids is 2. The molecule has 120 valence electrons. The van der Waals surface area contributed by atoms with Gasteiger partial charge in [-0.2, -0.15) is 0 Å². The molecule has 1 aromatic carbocycles. The molecule has 1 aromatic rings. The molecule has 0 amide bonds. The molecule has 0 aliphatic carbocycles. The molecule has 0 atom stereocenters. The molecule has 0 aromatic heterocycles. The van der Waals surface area contributed by atoms with Gasteiger partial charge in [-0.15, -0.1) is 0 Å². The lowest BCUT2D eigenvalue weighted by atomic mass is 10.0. The average Bonchev–Trinajstić information content (AvgIpc) is 2.45. The van der Waals surface area contributed by atoms with Crippen molar-refractivity contribution in [3.8, 4) is 0 Å². The zero-order valence-electron chi connectivity index (χ0n) is 13.7. The lowest BCUT2D eigenvalue weighted by Gasteiger charge is -2.19. The molecule has 0 saturated carbocycles. The number of benzene rings is 1.